The van der Waals surface area contributed by atoms with Gasteiger partial charge in [0, 0.05) is 12.2 Å². The molecule has 2 nitrogen and oxygen atoms in total. The molecule has 262 valence electrons. The maximum atomic E-state index is 6.55. The van der Waals surface area contributed by atoms with Gasteiger partial charge in [0.25, 0.3) is 0 Å². The van der Waals surface area contributed by atoms with Gasteiger partial charge in [0.15, 0.2) is 0 Å². The average molecular weight is 705 g/mol. The summed E-state index contributed by atoms with van der Waals surface area (Å²) >= 11 is 0. The van der Waals surface area contributed by atoms with Crippen LogP contribution in [0.2, 0.25) is 0 Å². The van der Waals surface area contributed by atoms with Crippen LogP contribution < -0.4 is 10.6 Å². The fourth-order valence-electron chi connectivity index (χ4n) is 10.0. The summed E-state index contributed by atoms with van der Waals surface area (Å²) in [6.07, 6.45) is 2.20. The van der Waals surface area contributed by atoms with Crippen LogP contribution >= 0.6 is 0 Å². The minimum Gasteiger partial charge on any atom is -0.397 e. The van der Waals surface area contributed by atoms with Crippen LogP contribution in [0, 0.1) is 0 Å². The van der Waals surface area contributed by atoms with Crippen molar-refractivity contribution in [3.63, 3.8) is 0 Å². The predicted octanol–water partition coefficient (Wildman–Crippen LogP) is 13.7. The molecule has 0 heterocycles. The number of fused-ring (bicyclic) bond motifs is 16. The van der Waals surface area contributed by atoms with Gasteiger partial charge >= 0.3 is 0 Å². The Hall–Kier alpha value is -6.64. The number of nitrogens with two attached hydrogens (primary N) is 1. The third kappa shape index (κ3) is 4.49. The molecule has 2 aliphatic carbocycles. The Morgan fingerprint density at radius 2 is 1.13 bits per heavy atom. The average Bonchev–Trinajstić information content (AvgIpc) is 3.71. The van der Waals surface area contributed by atoms with Crippen molar-refractivity contribution in [1.82, 2.24) is 0 Å². The minimum atomic E-state index is -0.457. The number of para-hydroxylation sites is 2. The lowest BCUT2D eigenvalue weighted by molar-refractivity contribution is 0.786. The maximum Gasteiger partial charge on any atom is 0.0731 e. The summed E-state index contributed by atoms with van der Waals surface area (Å²) in [6.45, 7) is 3.15. The molecule has 2 N–H and O–H groups in total. The fourth-order valence-corrected chi connectivity index (χ4v) is 10.0. The Balaban J connectivity index is 1.17. The first-order valence-electron chi connectivity index (χ1n) is 19.6. The molecular weight excluding hydrogens is 665 g/mol. The number of unbranched alkanes of at least 4 members (excludes halogenated alkanes) is 1. The van der Waals surface area contributed by atoms with Crippen molar-refractivity contribution >= 4 is 49.4 Å². The van der Waals surface area contributed by atoms with E-state index < -0.39 is 5.41 Å². The SMILES string of the molecule is CCCCN(c1cccc(-c2ccc3cc4c(cc3c2)C2(c3ccccc3-c3ccccc32)c2c-4c3ccccc3c3ccccc23)c1)c1ccccc1N. The standard InChI is InChI=1S/C53H40N2/c1-2-3-29-55(50-26-13-12-25-49(50)54)38-16-14-15-34(31-38)35-27-28-36-32-45-48(33-37(36)30-35)53(46-23-10-8-19-41(46)42-20-9-11-24-47(42)53)52-44-22-7-5-18-40(44)39-17-4-6-21-43(39)51(45)52/h4-28,30-33H,2-3,29,54H2,1H3. The van der Waals surface area contributed by atoms with Crippen molar-refractivity contribution in [2.24, 2.45) is 0 Å². The van der Waals surface area contributed by atoms with Gasteiger partial charge in [-0.25, -0.2) is 0 Å². The van der Waals surface area contributed by atoms with Gasteiger partial charge in [-0.15, -0.1) is 0 Å². The summed E-state index contributed by atoms with van der Waals surface area (Å²) in [5, 5.41) is 7.75. The number of nitrogen functional groups attached to an aromatic ring is 1. The molecule has 0 saturated carbocycles. The molecule has 0 unspecified atom stereocenters. The second-order valence-electron chi connectivity index (χ2n) is 15.3. The zero-order valence-electron chi connectivity index (χ0n) is 30.9. The summed E-state index contributed by atoms with van der Waals surface area (Å²) in [5.41, 5.74) is 22.4. The van der Waals surface area contributed by atoms with E-state index in [2.05, 4.69) is 176 Å². The Bertz CT molecular complexity index is 2960. The lowest BCUT2D eigenvalue weighted by Crippen LogP contribution is -2.26. The number of anilines is 3. The molecular formula is C53H40N2. The normalized spacial score (nSPS) is 13.3. The second kappa shape index (κ2) is 12.2. The van der Waals surface area contributed by atoms with Gasteiger partial charge in [-0.05, 0) is 137 Å². The molecule has 2 aliphatic rings. The molecule has 0 atom stereocenters. The monoisotopic (exact) mass is 704 g/mol. The summed E-state index contributed by atoms with van der Waals surface area (Å²) in [6, 6.07) is 65.6. The van der Waals surface area contributed by atoms with Crippen LogP contribution in [0.5, 0.6) is 0 Å². The van der Waals surface area contributed by atoms with Crippen LogP contribution in [0.1, 0.15) is 42.0 Å². The van der Waals surface area contributed by atoms with E-state index in [0.29, 0.717) is 0 Å². The van der Waals surface area contributed by atoms with Gasteiger partial charge in [-0.2, -0.15) is 0 Å². The highest BCUT2D eigenvalue weighted by atomic mass is 15.1. The van der Waals surface area contributed by atoms with Gasteiger partial charge in [0.05, 0.1) is 16.8 Å². The third-order valence-electron chi connectivity index (χ3n) is 12.4. The molecule has 0 fully saturated rings. The summed E-state index contributed by atoms with van der Waals surface area (Å²) in [4.78, 5) is 2.38. The number of rotatable bonds is 6. The van der Waals surface area contributed by atoms with E-state index in [1.54, 1.807) is 0 Å². The van der Waals surface area contributed by atoms with Crippen molar-refractivity contribution in [1.29, 1.82) is 0 Å². The number of nitrogens with zero attached hydrogens (tertiary/aromatic N) is 1. The van der Waals surface area contributed by atoms with Crippen LogP contribution in [0.15, 0.2) is 176 Å². The lowest BCUT2D eigenvalue weighted by Gasteiger charge is -2.32. The lowest BCUT2D eigenvalue weighted by atomic mass is 9.69. The quantitative estimate of drug-likeness (QED) is 0.138. The Labute approximate surface area is 322 Å². The van der Waals surface area contributed by atoms with Crippen molar-refractivity contribution < 1.29 is 0 Å². The van der Waals surface area contributed by atoms with Crippen molar-refractivity contribution in [3.8, 4) is 33.4 Å². The second-order valence-corrected chi connectivity index (χ2v) is 15.3. The van der Waals surface area contributed by atoms with Crippen LogP contribution in [0.3, 0.4) is 0 Å². The first-order chi connectivity index (χ1) is 27.2. The highest BCUT2D eigenvalue weighted by Crippen LogP contribution is 2.65. The van der Waals surface area contributed by atoms with Crippen LogP contribution in [0.4, 0.5) is 17.1 Å². The van der Waals surface area contributed by atoms with Crippen molar-refractivity contribution in [2.75, 3.05) is 17.2 Å². The molecule has 11 rings (SSSR count). The van der Waals surface area contributed by atoms with E-state index in [1.807, 2.05) is 12.1 Å². The molecule has 9 aromatic carbocycles. The van der Waals surface area contributed by atoms with Gasteiger partial charge in [-0.1, -0.05) is 147 Å². The molecule has 0 saturated heterocycles. The smallest absolute Gasteiger partial charge is 0.0731 e. The number of hydrogen-bond donors (Lipinski definition) is 1. The topological polar surface area (TPSA) is 29.3 Å². The Kier molecular flexibility index (Phi) is 7.06. The Morgan fingerprint density at radius 3 is 1.87 bits per heavy atom. The molecule has 55 heavy (non-hydrogen) atoms. The third-order valence-corrected chi connectivity index (χ3v) is 12.4. The summed E-state index contributed by atoms with van der Waals surface area (Å²) < 4.78 is 0. The molecule has 0 radical (unpaired) electrons. The molecule has 2 heteroatoms. The molecule has 0 aromatic heterocycles. The van der Waals surface area contributed by atoms with E-state index in [-0.39, 0.29) is 0 Å². The summed E-state index contributed by atoms with van der Waals surface area (Å²) in [5.74, 6) is 0. The van der Waals surface area contributed by atoms with Crippen LogP contribution in [-0.4, -0.2) is 6.54 Å². The van der Waals surface area contributed by atoms with E-state index >= 15 is 0 Å². The number of benzene rings is 9. The predicted molar refractivity (Wildman–Crippen MR) is 233 cm³/mol. The highest BCUT2D eigenvalue weighted by molar-refractivity contribution is 6.20. The maximum absolute atomic E-state index is 6.55. The zero-order valence-corrected chi connectivity index (χ0v) is 30.9. The van der Waals surface area contributed by atoms with E-state index in [1.165, 1.54) is 88.0 Å². The molecule has 0 bridgehead atoms. The first-order valence-corrected chi connectivity index (χ1v) is 19.6. The zero-order chi connectivity index (χ0) is 36.7. The van der Waals surface area contributed by atoms with Gasteiger partial charge in [0.2, 0.25) is 0 Å². The van der Waals surface area contributed by atoms with Gasteiger partial charge < -0.3 is 10.6 Å². The molecule has 9 aromatic rings. The van der Waals surface area contributed by atoms with E-state index in [0.717, 1.165) is 36.4 Å². The fraction of sp³-hybridized carbons (Fsp3) is 0.0943. The van der Waals surface area contributed by atoms with E-state index in [4.69, 9.17) is 5.73 Å². The minimum absolute atomic E-state index is 0.457. The van der Waals surface area contributed by atoms with Crippen molar-refractivity contribution in [2.45, 2.75) is 25.2 Å². The van der Waals surface area contributed by atoms with Crippen molar-refractivity contribution in [3.05, 3.63) is 198 Å². The van der Waals surface area contributed by atoms with Crippen LogP contribution in [-0.2, 0) is 5.41 Å². The molecule has 0 aliphatic heterocycles. The molecule has 0 amide bonds. The van der Waals surface area contributed by atoms with E-state index in [9.17, 15) is 0 Å². The largest absolute Gasteiger partial charge is 0.397 e. The molecule has 1 spiro atoms. The summed E-state index contributed by atoms with van der Waals surface area (Å²) in [7, 11) is 0. The Morgan fingerprint density at radius 1 is 0.491 bits per heavy atom. The first kappa shape index (κ1) is 31.8. The van der Waals surface area contributed by atoms with Gasteiger partial charge in [-0.3, -0.25) is 0 Å². The van der Waals surface area contributed by atoms with Gasteiger partial charge in [0.1, 0.15) is 0 Å². The van der Waals surface area contributed by atoms with Crippen LogP contribution in [0.25, 0.3) is 65.7 Å². The number of hydrogen-bond acceptors (Lipinski definition) is 2. The highest BCUT2D eigenvalue weighted by Gasteiger charge is 2.53.